The van der Waals surface area contributed by atoms with Gasteiger partial charge in [0.25, 0.3) is 0 Å². The zero-order chi connectivity index (χ0) is 11.6. The van der Waals surface area contributed by atoms with Crippen LogP contribution in [0.1, 0.15) is 29.8 Å². The smallest absolute Gasteiger partial charge is 0.311 e. The summed E-state index contributed by atoms with van der Waals surface area (Å²) in [4.78, 5) is 17.1. The highest BCUT2D eigenvalue weighted by Gasteiger charge is 2.73. The molecule has 0 aliphatic heterocycles. The van der Waals surface area contributed by atoms with Crippen LogP contribution in [0.4, 0.5) is 5.13 Å². The minimum absolute atomic E-state index is 0.0514. The van der Waals surface area contributed by atoms with Gasteiger partial charge in [0.2, 0.25) is 0 Å². The van der Waals surface area contributed by atoms with Gasteiger partial charge in [-0.1, -0.05) is 0 Å². The molecule has 86 valence electrons. The highest BCUT2D eigenvalue weighted by molar-refractivity contribution is 7.15. The van der Waals surface area contributed by atoms with E-state index in [4.69, 9.17) is 10.5 Å². The zero-order valence-corrected chi connectivity index (χ0v) is 10.2. The fraction of sp³-hybridized carbons (Fsp3) is 0.636. The summed E-state index contributed by atoms with van der Waals surface area (Å²) in [5, 5.41) is 0.629. The maximum atomic E-state index is 11.6. The third kappa shape index (κ3) is 0.993. The molecule has 0 saturated heterocycles. The van der Waals surface area contributed by atoms with Crippen molar-refractivity contribution in [3.8, 4) is 0 Å². The lowest BCUT2D eigenvalue weighted by Crippen LogP contribution is -2.68. The van der Waals surface area contributed by atoms with E-state index >= 15 is 0 Å². The van der Waals surface area contributed by atoms with Gasteiger partial charge >= 0.3 is 5.97 Å². The minimum atomic E-state index is -0.181. The van der Waals surface area contributed by atoms with Crippen LogP contribution in [0.3, 0.4) is 0 Å². The molecule has 3 saturated carbocycles. The third-order valence-corrected chi connectivity index (χ3v) is 5.18. The minimum Gasteiger partial charge on any atom is -0.469 e. The molecule has 4 rings (SSSR count). The molecule has 1 aromatic rings. The van der Waals surface area contributed by atoms with Crippen LogP contribution in [0, 0.1) is 12.3 Å². The number of nitrogen functional groups attached to an aromatic ring is 1. The zero-order valence-electron chi connectivity index (χ0n) is 9.37. The first-order valence-electron chi connectivity index (χ1n) is 5.33. The van der Waals surface area contributed by atoms with E-state index in [1.807, 2.05) is 6.92 Å². The molecule has 0 spiro atoms. The summed E-state index contributed by atoms with van der Waals surface area (Å²) < 4.78 is 4.84. The van der Waals surface area contributed by atoms with Crippen molar-refractivity contribution in [3.63, 3.8) is 0 Å². The summed E-state index contributed by atoms with van der Waals surface area (Å²) in [7, 11) is 1.46. The number of aryl methyl sites for hydroxylation is 1. The Hall–Kier alpha value is -1.10. The Balaban J connectivity index is 1.83. The summed E-state index contributed by atoms with van der Waals surface area (Å²) in [5.74, 6) is -0.0514. The monoisotopic (exact) mass is 238 g/mol. The molecule has 0 radical (unpaired) electrons. The Morgan fingerprint density at radius 2 is 2.12 bits per heavy atom. The van der Waals surface area contributed by atoms with E-state index in [1.54, 1.807) is 11.3 Å². The molecule has 3 aliphatic rings. The highest BCUT2D eigenvalue weighted by atomic mass is 32.1. The lowest BCUT2D eigenvalue weighted by atomic mass is 9.34. The molecule has 0 atom stereocenters. The van der Waals surface area contributed by atoms with Crippen LogP contribution in [0.5, 0.6) is 0 Å². The van der Waals surface area contributed by atoms with E-state index in [9.17, 15) is 4.79 Å². The van der Waals surface area contributed by atoms with Crippen molar-refractivity contribution in [1.29, 1.82) is 0 Å². The number of esters is 1. The van der Waals surface area contributed by atoms with Crippen molar-refractivity contribution in [2.75, 3.05) is 12.8 Å². The summed E-state index contributed by atoms with van der Waals surface area (Å²) in [6.07, 6.45) is 2.74. The molecule has 3 aliphatic carbocycles. The number of hydrogen-bond acceptors (Lipinski definition) is 5. The van der Waals surface area contributed by atoms with Crippen molar-refractivity contribution < 1.29 is 9.53 Å². The SMILES string of the molecule is COC(=O)C12CC(c3sc(N)nc3C)(C1)C2. The van der Waals surface area contributed by atoms with Crippen LogP contribution in [0.15, 0.2) is 0 Å². The lowest BCUT2D eigenvalue weighted by molar-refractivity contribution is -0.197. The topological polar surface area (TPSA) is 65.2 Å². The molecular formula is C11H14N2O2S. The quantitative estimate of drug-likeness (QED) is 0.795. The maximum Gasteiger partial charge on any atom is 0.311 e. The number of carbonyl (C=O) groups excluding carboxylic acids is 1. The molecule has 1 heterocycles. The van der Waals surface area contributed by atoms with E-state index in [2.05, 4.69) is 4.98 Å². The van der Waals surface area contributed by atoms with E-state index < -0.39 is 0 Å². The van der Waals surface area contributed by atoms with E-state index in [0.29, 0.717) is 5.13 Å². The number of nitrogens with zero attached hydrogens (tertiary/aromatic N) is 1. The molecule has 5 heteroatoms. The molecule has 0 aromatic carbocycles. The van der Waals surface area contributed by atoms with Gasteiger partial charge in [-0.3, -0.25) is 4.79 Å². The molecular weight excluding hydrogens is 224 g/mol. The number of thiazole rings is 1. The number of ether oxygens (including phenoxy) is 1. The molecule has 0 unspecified atom stereocenters. The van der Waals surface area contributed by atoms with Crippen LogP contribution in [-0.4, -0.2) is 18.1 Å². The molecule has 4 nitrogen and oxygen atoms in total. The van der Waals surface area contributed by atoms with Crippen molar-refractivity contribution in [3.05, 3.63) is 10.6 Å². The fourth-order valence-corrected chi connectivity index (χ4v) is 4.39. The second-order valence-electron chi connectivity index (χ2n) is 5.05. The second kappa shape index (κ2) is 2.77. The Labute approximate surface area is 97.8 Å². The van der Waals surface area contributed by atoms with Crippen LogP contribution >= 0.6 is 11.3 Å². The maximum absolute atomic E-state index is 11.6. The van der Waals surface area contributed by atoms with Crippen LogP contribution < -0.4 is 5.73 Å². The van der Waals surface area contributed by atoms with Crippen molar-refractivity contribution in [2.45, 2.75) is 31.6 Å². The van der Waals surface area contributed by atoms with Gasteiger partial charge in [0.1, 0.15) is 0 Å². The van der Waals surface area contributed by atoms with Crippen LogP contribution in [0.25, 0.3) is 0 Å². The fourth-order valence-electron chi connectivity index (χ4n) is 3.37. The predicted octanol–water partition coefficient (Wildman–Crippen LogP) is 1.63. The summed E-state index contributed by atoms with van der Waals surface area (Å²) in [6.45, 7) is 1.99. The first kappa shape index (κ1) is 10.1. The number of aromatic nitrogens is 1. The molecule has 3 fully saturated rings. The number of anilines is 1. The third-order valence-electron chi connectivity index (χ3n) is 3.94. The number of nitrogens with two attached hydrogens (primary N) is 1. The van der Waals surface area contributed by atoms with Crippen molar-refractivity contribution >= 4 is 22.4 Å². The van der Waals surface area contributed by atoms with Gasteiger partial charge in [-0.05, 0) is 26.2 Å². The Bertz CT molecular complexity index is 461. The average molecular weight is 238 g/mol. The molecule has 2 N–H and O–H groups in total. The molecule has 2 bridgehead atoms. The first-order chi connectivity index (χ1) is 7.51. The summed E-state index contributed by atoms with van der Waals surface area (Å²) in [6, 6.07) is 0. The Morgan fingerprint density at radius 3 is 2.56 bits per heavy atom. The molecule has 1 aromatic heterocycles. The largest absolute Gasteiger partial charge is 0.469 e. The molecule has 0 amide bonds. The van der Waals surface area contributed by atoms with Gasteiger partial charge in [0.05, 0.1) is 18.2 Å². The van der Waals surface area contributed by atoms with E-state index in [0.717, 1.165) is 25.0 Å². The second-order valence-corrected chi connectivity index (χ2v) is 6.08. The van der Waals surface area contributed by atoms with Gasteiger partial charge < -0.3 is 10.5 Å². The van der Waals surface area contributed by atoms with E-state index in [-0.39, 0.29) is 16.8 Å². The standard InChI is InChI=1S/C11H14N2O2S/c1-6-7(16-9(12)13-6)10-3-11(4-10,5-10)8(14)15-2/h3-5H2,1-2H3,(H2,12,13). The van der Waals surface area contributed by atoms with Gasteiger partial charge in [-0.15, -0.1) is 11.3 Å². The Kier molecular flexibility index (Phi) is 1.74. The lowest BCUT2D eigenvalue weighted by Gasteiger charge is -2.68. The number of carbonyl (C=O) groups is 1. The van der Waals surface area contributed by atoms with E-state index in [1.165, 1.54) is 12.0 Å². The highest BCUT2D eigenvalue weighted by Crippen LogP contribution is 2.75. The van der Waals surface area contributed by atoms with Crippen LogP contribution in [-0.2, 0) is 14.9 Å². The predicted molar refractivity (Wildman–Crippen MR) is 61.2 cm³/mol. The van der Waals surface area contributed by atoms with Gasteiger partial charge in [-0.25, -0.2) is 4.98 Å². The van der Waals surface area contributed by atoms with Gasteiger partial charge in [-0.2, -0.15) is 0 Å². The van der Waals surface area contributed by atoms with Crippen molar-refractivity contribution in [1.82, 2.24) is 4.98 Å². The van der Waals surface area contributed by atoms with Gasteiger partial charge in [0.15, 0.2) is 5.13 Å². The number of methoxy groups -OCH3 is 1. The summed E-state index contributed by atoms with van der Waals surface area (Å²) in [5.41, 5.74) is 6.74. The summed E-state index contributed by atoms with van der Waals surface area (Å²) >= 11 is 1.57. The van der Waals surface area contributed by atoms with Gasteiger partial charge in [0, 0.05) is 10.3 Å². The van der Waals surface area contributed by atoms with Crippen LogP contribution in [0.2, 0.25) is 0 Å². The number of rotatable bonds is 2. The van der Waals surface area contributed by atoms with Crippen molar-refractivity contribution in [2.24, 2.45) is 5.41 Å². The normalized spacial score (nSPS) is 35.1. The first-order valence-corrected chi connectivity index (χ1v) is 6.15. The Morgan fingerprint density at radius 1 is 1.50 bits per heavy atom. The average Bonchev–Trinajstić information content (AvgIpc) is 2.41. The molecule has 16 heavy (non-hydrogen) atoms. The number of hydrogen-bond donors (Lipinski definition) is 1.